The zero-order valence-corrected chi connectivity index (χ0v) is 19.9. The average Bonchev–Trinajstić information content (AvgIpc) is 2.87. The lowest BCUT2D eigenvalue weighted by molar-refractivity contribution is -0.130. The normalized spacial score (nSPS) is 17.1. The van der Waals surface area contributed by atoms with Crippen LogP contribution >= 0.6 is 11.8 Å². The maximum Gasteiger partial charge on any atom is 0.234 e. The van der Waals surface area contributed by atoms with Crippen molar-refractivity contribution in [2.45, 2.75) is 30.9 Å². The van der Waals surface area contributed by atoms with Crippen LogP contribution in [0.2, 0.25) is 0 Å². The number of aryl methyl sites for hydroxylation is 1. The van der Waals surface area contributed by atoms with Crippen molar-refractivity contribution >= 4 is 34.4 Å². The van der Waals surface area contributed by atoms with Gasteiger partial charge in [-0.3, -0.25) is 14.5 Å². The molecule has 1 fully saturated rings. The van der Waals surface area contributed by atoms with Gasteiger partial charge in [0.15, 0.2) is 5.17 Å². The topological polar surface area (TPSA) is 61.8 Å². The van der Waals surface area contributed by atoms with Crippen molar-refractivity contribution in [3.05, 3.63) is 102 Å². The van der Waals surface area contributed by atoms with Gasteiger partial charge in [0.2, 0.25) is 11.8 Å². The summed E-state index contributed by atoms with van der Waals surface area (Å²) in [5.74, 6) is -0.163. The molecule has 5 nitrogen and oxygen atoms in total. The maximum absolute atomic E-state index is 13.1. The smallest absolute Gasteiger partial charge is 0.234 e. The zero-order valence-electron chi connectivity index (χ0n) is 19.1. The molecule has 6 heteroatoms. The van der Waals surface area contributed by atoms with Crippen molar-refractivity contribution in [1.29, 1.82) is 0 Å². The van der Waals surface area contributed by atoms with E-state index in [-0.39, 0.29) is 18.2 Å². The first-order chi connectivity index (χ1) is 16.7. The van der Waals surface area contributed by atoms with Gasteiger partial charge < -0.3 is 5.32 Å². The Morgan fingerprint density at radius 3 is 2.12 bits per heavy atom. The van der Waals surface area contributed by atoms with Crippen molar-refractivity contribution in [2.24, 2.45) is 4.99 Å². The zero-order chi connectivity index (χ0) is 23.6. The Morgan fingerprint density at radius 1 is 0.882 bits per heavy atom. The van der Waals surface area contributed by atoms with Crippen LogP contribution in [0.1, 0.15) is 24.0 Å². The summed E-state index contributed by atoms with van der Waals surface area (Å²) in [4.78, 5) is 32.5. The number of thioether (sulfide) groups is 1. The predicted octanol–water partition coefficient (Wildman–Crippen LogP) is 5.00. The lowest BCUT2D eigenvalue weighted by Crippen LogP contribution is -2.47. The second-order valence-corrected chi connectivity index (χ2v) is 9.37. The molecule has 0 aliphatic carbocycles. The molecule has 0 radical (unpaired) electrons. The van der Waals surface area contributed by atoms with Gasteiger partial charge in [-0.15, -0.1) is 0 Å². The van der Waals surface area contributed by atoms with E-state index in [2.05, 4.69) is 17.4 Å². The molecule has 1 aliphatic heterocycles. The van der Waals surface area contributed by atoms with E-state index in [1.165, 1.54) is 22.9 Å². The molecule has 1 saturated heterocycles. The molecule has 0 aromatic heterocycles. The third-order valence-electron chi connectivity index (χ3n) is 5.66. The third-order valence-corrected chi connectivity index (χ3v) is 6.85. The van der Waals surface area contributed by atoms with Gasteiger partial charge in [-0.1, -0.05) is 90.6 Å². The van der Waals surface area contributed by atoms with Gasteiger partial charge in [0.1, 0.15) is 0 Å². The molecule has 0 spiro atoms. The summed E-state index contributed by atoms with van der Waals surface area (Å²) in [5, 5.41) is 3.12. The van der Waals surface area contributed by atoms with Crippen LogP contribution in [0.25, 0.3) is 0 Å². The molecule has 3 aromatic carbocycles. The van der Waals surface area contributed by atoms with Crippen molar-refractivity contribution < 1.29 is 9.59 Å². The molecule has 0 saturated carbocycles. The summed E-state index contributed by atoms with van der Waals surface area (Å²) in [6, 6.07) is 29.9. The van der Waals surface area contributed by atoms with Crippen molar-refractivity contribution in [1.82, 2.24) is 10.2 Å². The van der Waals surface area contributed by atoms with E-state index in [0.29, 0.717) is 18.3 Å². The van der Waals surface area contributed by atoms with Crippen molar-refractivity contribution in [2.75, 3.05) is 13.1 Å². The summed E-state index contributed by atoms with van der Waals surface area (Å²) in [6.45, 7) is 1.12. The van der Waals surface area contributed by atoms with E-state index in [4.69, 9.17) is 4.99 Å². The van der Waals surface area contributed by atoms with Gasteiger partial charge in [-0.2, -0.15) is 0 Å². The molecule has 174 valence electrons. The number of hydrogen-bond donors (Lipinski definition) is 1. The fraction of sp³-hybridized carbons (Fsp3) is 0.250. The van der Waals surface area contributed by atoms with Gasteiger partial charge in [-0.05, 0) is 42.5 Å². The minimum atomic E-state index is -0.476. The number of aliphatic imine (C=N–C) groups is 1. The van der Waals surface area contributed by atoms with E-state index < -0.39 is 5.25 Å². The monoisotopic (exact) mass is 471 g/mol. The maximum atomic E-state index is 13.1. The number of amides is 2. The van der Waals surface area contributed by atoms with Crippen LogP contribution in [0, 0.1) is 0 Å². The van der Waals surface area contributed by atoms with E-state index in [9.17, 15) is 9.59 Å². The molecular weight excluding hydrogens is 442 g/mol. The Hall–Kier alpha value is -3.38. The predicted molar refractivity (Wildman–Crippen MR) is 139 cm³/mol. The number of benzene rings is 3. The minimum absolute atomic E-state index is 0.0512. The molecule has 1 heterocycles. The van der Waals surface area contributed by atoms with Crippen LogP contribution in [-0.2, 0) is 22.4 Å². The average molecular weight is 472 g/mol. The first kappa shape index (κ1) is 23.8. The Balaban J connectivity index is 1.40. The first-order valence-electron chi connectivity index (χ1n) is 11.7. The fourth-order valence-electron chi connectivity index (χ4n) is 3.85. The number of para-hydroxylation sites is 1. The number of carbonyl (C=O) groups is 2. The van der Waals surface area contributed by atoms with Gasteiger partial charge in [0, 0.05) is 19.5 Å². The van der Waals surface area contributed by atoms with E-state index in [1.54, 1.807) is 4.90 Å². The first-order valence-corrected chi connectivity index (χ1v) is 12.5. The number of carbonyl (C=O) groups excluding carboxylic acids is 2. The van der Waals surface area contributed by atoms with Crippen molar-refractivity contribution in [3.63, 3.8) is 0 Å². The highest BCUT2D eigenvalue weighted by atomic mass is 32.2. The highest BCUT2D eigenvalue weighted by molar-refractivity contribution is 8.15. The molecule has 0 bridgehead atoms. The highest BCUT2D eigenvalue weighted by Gasteiger charge is 2.35. The summed E-state index contributed by atoms with van der Waals surface area (Å²) in [7, 11) is 0. The van der Waals surface area contributed by atoms with Crippen molar-refractivity contribution in [3.8, 4) is 0 Å². The Morgan fingerprint density at radius 2 is 1.47 bits per heavy atom. The van der Waals surface area contributed by atoms with Gasteiger partial charge in [0.05, 0.1) is 10.9 Å². The third kappa shape index (κ3) is 6.81. The largest absolute Gasteiger partial charge is 0.355 e. The Labute approximate surface area is 205 Å². The molecule has 1 atom stereocenters. The molecule has 1 aliphatic rings. The number of rotatable bonds is 9. The lowest BCUT2D eigenvalue weighted by atomic mass is 10.1. The standard InChI is InChI=1S/C28H29N3O2S/c32-26-21-25(27(33)29-19-18-23-13-6-2-7-14-23)34-28(30-24-16-8-3-9-17-24)31(26)20-10-15-22-11-4-1-5-12-22/h1-9,11-14,16-17,25H,10,15,18-21H2,(H,29,33). The number of hydrogen-bond acceptors (Lipinski definition) is 4. The lowest BCUT2D eigenvalue weighted by Gasteiger charge is -2.32. The van der Waals surface area contributed by atoms with Crippen LogP contribution < -0.4 is 5.32 Å². The second-order valence-electron chi connectivity index (χ2n) is 8.20. The molecule has 1 N–H and O–H groups in total. The summed E-state index contributed by atoms with van der Waals surface area (Å²) in [5.41, 5.74) is 3.19. The number of amidine groups is 1. The van der Waals surface area contributed by atoms with E-state index in [1.807, 2.05) is 78.9 Å². The molecule has 2 amide bonds. The summed E-state index contributed by atoms with van der Waals surface area (Å²) >= 11 is 1.38. The Bertz CT molecular complexity index is 1100. The van der Waals surface area contributed by atoms with E-state index in [0.717, 1.165) is 24.9 Å². The SMILES string of the molecule is O=C(NCCc1ccccc1)C1CC(=O)N(CCCc2ccccc2)C(=Nc2ccccc2)S1. The van der Waals surface area contributed by atoms with Crippen LogP contribution in [0.15, 0.2) is 96.0 Å². The molecule has 34 heavy (non-hydrogen) atoms. The van der Waals surface area contributed by atoms with Gasteiger partial charge in [0.25, 0.3) is 0 Å². The molecule has 4 rings (SSSR count). The van der Waals surface area contributed by atoms with Gasteiger partial charge in [-0.25, -0.2) is 4.99 Å². The van der Waals surface area contributed by atoms with Gasteiger partial charge >= 0.3 is 0 Å². The molecular formula is C28H29N3O2S. The fourth-order valence-corrected chi connectivity index (χ4v) is 5.00. The minimum Gasteiger partial charge on any atom is -0.355 e. The number of nitrogens with one attached hydrogen (secondary N) is 1. The summed E-state index contributed by atoms with van der Waals surface area (Å²) in [6.07, 6.45) is 2.66. The van der Waals surface area contributed by atoms with E-state index >= 15 is 0 Å². The highest BCUT2D eigenvalue weighted by Crippen LogP contribution is 2.29. The van der Waals surface area contributed by atoms with Crippen LogP contribution in [0.4, 0.5) is 5.69 Å². The molecule has 3 aromatic rings. The Kier molecular flexibility index (Phi) is 8.52. The van der Waals surface area contributed by atoms with Crippen LogP contribution in [-0.4, -0.2) is 40.2 Å². The molecule has 1 unspecified atom stereocenters. The summed E-state index contributed by atoms with van der Waals surface area (Å²) < 4.78 is 0. The van der Waals surface area contributed by atoms with Crippen LogP contribution in [0.3, 0.4) is 0 Å². The van der Waals surface area contributed by atoms with Crippen LogP contribution in [0.5, 0.6) is 0 Å². The number of nitrogens with zero attached hydrogens (tertiary/aromatic N) is 2. The quantitative estimate of drug-likeness (QED) is 0.478. The second kappa shape index (κ2) is 12.2.